The fraction of sp³-hybridized carbons (Fsp3) is 0.737. The molecule has 6 nitrogen and oxygen atoms in total. The van der Waals surface area contributed by atoms with Gasteiger partial charge in [-0.1, -0.05) is 222 Å². The minimum absolute atomic E-state index is 0.0845. The number of allylic oxidation sites excluding steroid dienone is 12. The highest BCUT2D eigenvalue weighted by Gasteiger charge is 2.19. The molecule has 0 heterocycles. The second-order valence-electron chi connectivity index (χ2n) is 17.4. The van der Waals surface area contributed by atoms with Gasteiger partial charge in [0.25, 0.3) is 0 Å². The minimum Gasteiger partial charge on any atom is -0.462 e. The maximum Gasteiger partial charge on any atom is 0.306 e. The van der Waals surface area contributed by atoms with Crippen molar-refractivity contribution >= 4 is 17.9 Å². The van der Waals surface area contributed by atoms with Crippen molar-refractivity contribution in [3.63, 3.8) is 0 Å². The van der Waals surface area contributed by atoms with Gasteiger partial charge in [0, 0.05) is 19.3 Å². The Balaban J connectivity index is 4.37. The molecule has 0 amide bonds. The molecule has 362 valence electrons. The summed E-state index contributed by atoms with van der Waals surface area (Å²) < 4.78 is 16.8. The van der Waals surface area contributed by atoms with Crippen molar-refractivity contribution in [3.05, 3.63) is 72.9 Å². The summed E-state index contributed by atoms with van der Waals surface area (Å²) in [6, 6.07) is 0. The molecule has 0 spiro atoms. The van der Waals surface area contributed by atoms with Crippen LogP contribution in [-0.2, 0) is 28.6 Å². The highest BCUT2D eigenvalue weighted by molar-refractivity contribution is 5.71. The van der Waals surface area contributed by atoms with Gasteiger partial charge in [0.2, 0.25) is 0 Å². The SMILES string of the molecule is CC/C=C\C/C=C\C/C=C\CCCCCCCCCCCC(=O)OCC(COC(=O)CCCCCCCCCCCCCC)OC(=O)CCCCCC/C=C\C/C=C\C/C=C\CC. The van der Waals surface area contributed by atoms with Crippen molar-refractivity contribution in [2.75, 3.05) is 13.2 Å². The average molecular weight is 879 g/mol. The van der Waals surface area contributed by atoms with E-state index in [2.05, 4.69) is 93.7 Å². The molecule has 0 fully saturated rings. The van der Waals surface area contributed by atoms with E-state index in [0.717, 1.165) is 109 Å². The van der Waals surface area contributed by atoms with E-state index in [-0.39, 0.29) is 31.1 Å². The van der Waals surface area contributed by atoms with Gasteiger partial charge >= 0.3 is 17.9 Å². The maximum absolute atomic E-state index is 12.8. The second kappa shape index (κ2) is 51.5. The van der Waals surface area contributed by atoms with E-state index in [1.54, 1.807) is 0 Å². The Labute approximate surface area is 389 Å². The largest absolute Gasteiger partial charge is 0.462 e. The third kappa shape index (κ3) is 49.7. The molecule has 1 atom stereocenters. The van der Waals surface area contributed by atoms with Crippen LogP contribution < -0.4 is 0 Å². The first-order valence-electron chi connectivity index (χ1n) is 26.4. The van der Waals surface area contributed by atoms with E-state index in [9.17, 15) is 14.4 Å². The Morgan fingerprint density at radius 2 is 0.619 bits per heavy atom. The Bertz CT molecular complexity index is 1190. The molecule has 0 rings (SSSR count). The molecule has 0 aliphatic carbocycles. The van der Waals surface area contributed by atoms with Crippen LogP contribution in [0.5, 0.6) is 0 Å². The highest BCUT2D eigenvalue weighted by Crippen LogP contribution is 2.15. The van der Waals surface area contributed by atoms with Gasteiger partial charge in [-0.05, 0) is 83.5 Å². The summed E-state index contributed by atoms with van der Waals surface area (Å²) in [5, 5.41) is 0. The first-order valence-corrected chi connectivity index (χ1v) is 26.4. The minimum atomic E-state index is -0.787. The summed E-state index contributed by atoms with van der Waals surface area (Å²) in [5.41, 5.74) is 0. The van der Waals surface area contributed by atoms with Crippen LogP contribution in [0, 0.1) is 0 Å². The summed E-state index contributed by atoms with van der Waals surface area (Å²) in [5.74, 6) is -0.909. The molecule has 63 heavy (non-hydrogen) atoms. The van der Waals surface area contributed by atoms with Gasteiger partial charge in [-0.2, -0.15) is 0 Å². The molecule has 1 unspecified atom stereocenters. The molecule has 0 aromatic heterocycles. The van der Waals surface area contributed by atoms with Crippen molar-refractivity contribution in [3.8, 4) is 0 Å². The lowest BCUT2D eigenvalue weighted by Gasteiger charge is -2.18. The van der Waals surface area contributed by atoms with E-state index in [0.29, 0.717) is 19.3 Å². The van der Waals surface area contributed by atoms with Crippen LogP contribution in [0.15, 0.2) is 72.9 Å². The molecule has 0 aromatic carbocycles. The smallest absolute Gasteiger partial charge is 0.306 e. The van der Waals surface area contributed by atoms with Crippen LogP contribution in [-0.4, -0.2) is 37.2 Å². The number of hydrogen-bond acceptors (Lipinski definition) is 6. The Morgan fingerprint density at radius 3 is 0.968 bits per heavy atom. The van der Waals surface area contributed by atoms with Crippen LogP contribution >= 0.6 is 0 Å². The topological polar surface area (TPSA) is 78.9 Å². The number of unbranched alkanes of at least 4 members (excludes halogenated alkanes) is 24. The number of rotatable bonds is 47. The van der Waals surface area contributed by atoms with E-state index in [4.69, 9.17) is 14.2 Å². The number of carbonyl (C=O) groups is 3. The van der Waals surface area contributed by atoms with Crippen LogP contribution in [0.3, 0.4) is 0 Å². The van der Waals surface area contributed by atoms with E-state index in [1.165, 1.54) is 103 Å². The molecule has 0 aromatic rings. The normalized spacial score (nSPS) is 12.6. The number of ether oxygens (including phenoxy) is 3. The zero-order valence-electron chi connectivity index (χ0n) is 41.3. The van der Waals surface area contributed by atoms with Crippen molar-refractivity contribution in [2.45, 2.75) is 258 Å². The van der Waals surface area contributed by atoms with Gasteiger partial charge in [-0.25, -0.2) is 0 Å². The number of esters is 3. The fourth-order valence-corrected chi connectivity index (χ4v) is 7.29. The van der Waals surface area contributed by atoms with Gasteiger partial charge in [-0.15, -0.1) is 0 Å². The average Bonchev–Trinajstić information content (AvgIpc) is 3.28. The zero-order valence-corrected chi connectivity index (χ0v) is 41.3. The van der Waals surface area contributed by atoms with Gasteiger partial charge in [0.15, 0.2) is 6.10 Å². The quantitative estimate of drug-likeness (QED) is 0.0262. The summed E-state index contributed by atoms with van der Waals surface area (Å²) >= 11 is 0. The van der Waals surface area contributed by atoms with E-state index < -0.39 is 6.10 Å². The third-order valence-corrected chi connectivity index (χ3v) is 11.2. The van der Waals surface area contributed by atoms with Crippen molar-refractivity contribution < 1.29 is 28.6 Å². The summed E-state index contributed by atoms with van der Waals surface area (Å²) in [4.78, 5) is 38.0. The molecule has 0 aliphatic rings. The molecule has 0 saturated heterocycles. The molecular formula is C57H98O6. The fourth-order valence-electron chi connectivity index (χ4n) is 7.29. The lowest BCUT2D eigenvalue weighted by atomic mass is 10.0. The lowest BCUT2D eigenvalue weighted by molar-refractivity contribution is -0.167. The Kier molecular flexibility index (Phi) is 48.9. The van der Waals surface area contributed by atoms with E-state index >= 15 is 0 Å². The van der Waals surface area contributed by atoms with Crippen LogP contribution in [0.2, 0.25) is 0 Å². The first kappa shape index (κ1) is 59.9. The van der Waals surface area contributed by atoms with Gasteiger partial charge in [-0.3, -0.25) is 14.4 Å². The van der Waals surface area contributed by atoms with Crippen molar-refractivity contribution in [1.82, 2.24) is 0 Å². The van der Waals surface area contributed by atoms with E-state index in [1.807, 2.05) is 0 Å². The van der Waals surface area contributed by atoms with Crippen LogP contribution in [0.1, 0.15) is 252 Å². The number of carbonyl (C=O) groups excluding carboxylic acids is 3. The van der Waals surface area contributed by atoms with Crippen LogP contribution in [0.4, 0.5) is 0 Å². The molecule has 6 heteroatoms. The predicted octanol–water partition coefficient (Wildman–Crippen LogP) is 17.4. The summed E-state index contributed by atoms with van der Waals surface area (Å²) in [6.45, 7) is 6.40. The van der Waals surface area contributed by atoms with Crippen LogP contribution in [0.25, 0.3) is 0 Å². The molecule has 0 bridgehead atoms. The van der Waals surface area contributed by atoms with Crippen molar-refractivity contribution in [2.24, 2.45) is 0 Å². The maximum atomic E-state index is 12.8. The third-order valence-electron chi connectivity index (χ3n) is 11.2. The number of hydrogen-bond donors (Lipinski definition) is 0. The van der Waals surface area contributed by atoms with Gasteiger partial charge in [0.1, 0.15) is 13.2 Å². The van der Waals surface area contributed by atoms with Gasteiger partial charge in [0.05, 0.1) is 0 Å². The highest BCUT2D eigenvalue weighted by atomic mass is 16.6. The molecule has 0 aliphatic heterocycles. The Hall–Kier alpha value is -3.15. The molecule has 0 saturated carbocycles. The summed E-state index contributed by atoms with van der Waals surface area (Å²) in [7, 11) is 0. The standard InChI is InChI=1S/C57H98O6/c1-4-7-10-13-16-19-22-25-27-28-29-30-31-33-35-38-41-44-47-50-56(59)62-53-54(52-61-55(58)49-46-43-40-37-34-24-21-18-15-12-9-6-3)63-57(60)51-48-45-42-39-36-32-26-23-20-17-14-11-8-5-2/h7-8,10-11,16-17,19-20,25-27,32,54H,4-6,9,12-15,18,21-24,28-31,33-53H2,1-3H3/b10-7-,11-8-,19-16-,20-17-,27-25-,32-26-. The monoisotopic (exact) mass is 879 g/mol. The molecular weight excluding hydrogens is 781 g/mol. The zero-order chi connectivity index (χ0) is 45.8. The predicted molar refractivity (Wildman–Crippen MR) is 270 cm³/mol. The molecule has 0 radical (unpaired) electrons. The second-order valence-corrected chi connectivity index (χ2v) is 17.4. The summed E-state index contributed by atoms with van der Waals surface area (Å²) in [6.07, 6.45) is 64.6. The van der Waals surface area contributed by atoms with Gasteiger partial charge < -0.3 is 14.2 Å². The first-order chi connectivity index (χ1) is 31.0. The van der Waals surface area contributed by atoms with Crippen molar-refractivity contribution in [1.29, 1.82) is 0 Å². The molecule has 0 N–H and O–H groups in total. The Morgan fingerprint density at radius 1 is 0.333 bits per heavy atom. The lowest BCUT2D eigenvalue weighted by Crippen LogP contribution is -2.30.